The Hall–Kier alpha value is -2.52. The van der Waals surface area contributed by atoms with Crippen molar-refractivity contribution in [2.24, 2.45) is 0 Å². The summed E-state index contributed by atoms with van der Waals surface area (Å²) in [5.41, 5.74) is 3.91. The molecule has 2 aromatic carbocycles. The number of hydrogen-bond donors (Lipinski definition) is 2. The van der Waals surface area contributed by atoms with Crippen LogP contribution in [0.1, 0.15) is 29.4 Å². The van der Waals surface area contributed by atoms with Crippen molar-refractivity contribution in [2.75, 3.05) is 11.2 Å². The Morgan fingerprint density at radius 1 is 1.23 bits per heavy atom. The number of ether oxygens (including phenoxy) is 1. The van der Waals surface area contributed by atoms with Crippen molar-refractivity contribution >= 4 is 39.3 Å². The second-order valence-corrected chi connectivity index (χ2v) is 9.17. The van der Waals surface area contributed by atoms with E-state index in [2.05, 4.69) is 31.4 Å². The maximum Gasteiger partial charge on any atom is 0.237 e. The molecule has 3 N–H and O–H groups in total. The molecular formula is C21H24BrN5O2S. The fourth-order valence-electron chi connectivity index (χ4n) is 2.82. The van der Waals surface area contributed by atoms with Crippen molar-refractivity contribution in [3.63, 3.8) is 0 Å². The molecule has 0 saturated carbocycles. The van der Waals surface area contributed by atoms with Crippen molar-refractivity contribution in [3.8, 4) is 5.75 Å². The Labute approximate surface area is 188 Å². The van der Waals surface area contributed by atoms with Crippen LogP contribution in [-0.4, -0.2) is 26.0 Å². The van der Waals surface area contributed by atoms with Crippen LogP contribution in [0.3, 0.4) is 0 Å². The highest BCUT2D eigenvalue weighted by Crippen LogP contribution is 2.27. The first kappa shape index (κ1) is 22.2. The van der Waals surface area contributed by atoms with Gasteiger partial charge in [0.05, 0.1) is 10.9 Å². The van der Waals surface area contributed by atoms with E-state index in [-0.39, 0.29) is 12.5 Å². The summed E-state index contributed by atoms with van der Waals surface area (Å²) in [5.74, 6) is 7.28. The standard InChI is InChI=1S/C21H24BrN5O2S/c1-12-8-9-17(16(22)10-12)24-20(28)15(4)30-21-26-25-18(27(21)23)11-29-19-13(2)6-5-7-14(19)3/h5-10,15H,11,23H2,1-4H3,(H,24,28). The van der Waals surface area contributed by atoms with Crippen LogP contribution in [-0.2, 0) is 11.4 Å². The molecule has 1 atom stereocenters. The van der Waals surface area contributed by atoms with Gasteiger partial charge in [0.1, 0.15) is 12.4 Å². The summed E-state index contributed by atoms with van der Waals surface area (Å²) in [6.07, 6.45) is 0. The van der Waals surface area contributed by atoms with Gasteiger partial charge in [-0.3, -0.25) is 4.79 Å². The number of nitrogen functional groups attached to an aromatic ring is 1. The Bertz CT molecular complexity index is 1050. The molecule has 0 spiro atoms. The minimum Gasteiger partial charge on any atom is -0.485 e. The summed E-state index contributed by atoms with van der Waals surface area (Å²) >= 11 is 4.71. The highest BCUT2D eigenvalue weighted by Gasteiger charge is 2.20. The molecule has 30 heavy (non-hydrogen) atoms. The summed E-state index contributed by atoms with van der Waals surface area (Å²) < 4.78 is 8.10. The van der Waals surface area contributed by atoms with Gasteiger partial charge in [0, 0.05) is 4.47 Å². The normalized spacial score (nSPS) is 11.9. The van der Waals surface area contributed by atoms with Crippen LogP contribution in [0, 0.1) is 20.8 Å². The zero-order chi connectivity index (χ0) is 21.8. The fraction of sp³-hybridized carbons (Fsp3) is 0.286. The largest absolute Gasteiger partial charge is 0.485 e. The molecule has 9 heteroatoms. The smallest absolute Gasteiger partial charge is 0.237 e. The van der Waals surface area contributed by atoms with Crippen LogP contribution >= 0.6 is 27.7 Å². The SMILES string of the molecule is Cc1ccc(NC(=O)C(C)Sc2nnc(COc3c(C)cccc3C)n2N)c(Br)c1. The molecule has 1 amide bonds. The molecule has 0 aliphatic carbocycles. The number of halogens is 1. The van der Waals surface area contributed by atoms with Crippen molar-refractivity contribution in [1.29, 1.82) is 0 Å². The first-order chi connectivity index (χ1) is 14.3. The van der Waals surface area contributed by atoms with Gasteiger partial charge >= 0.3 is 0 Å². The molecule has 0 radical (unpaired) electrons. The zero-order valence-electron chi connectivity index (χ0n) is 17.3. The van der Waals surface area contributed by atoms with Gasteiger partial charge in [-0.2, -0.15) is 0 Å². The molecule has 0 saturated heterocycles. The molecular weight excluding hydrogens is 466 g/mol. The molecule has 0 bridgehead atoms. The number of carbonyl (C=O) groups is 1. The van der Waals surface area contributed by atoms with Gasteiger partial charge in [0.2, 0.25) is 11.1 Å². The summed E-state index contributed by atoms with van der Waals surface area (Å²) in [6, 6.07) is 11.7. The second-order valence-electron chi connectivity index (χ2n) is 7.01. The minimum atomic E-state index is -0.419. The van der Waals surface area contributed by atoms with Crippen molar-refractivity contribution in [2.45, 2.75) is 44.7 Å². The van der Waals surface area contributed by atoms with E-state index >= 15 is 0 Å². The highest BCUT2D eigenvalue weighted by atomic mass is 79.9. The van der Waals surface area contributed by atoms with E-state index in [0.717, 1.165) is 32.6 Å². The van der Waals surface area contributed by atoms with E-state index in [4.69, 9.17) is 10.6 Å². The number of amides is 1. The van der Waals surface area contributed by atoms with Gasteiger partial charge in [0.15, 0.2) is 5.82 Å². The monoisotopic (exact) mass is 489 g/mol. The number of nitrogens with one attached hydrogen (secondary N) is 1. The molecule has 3 aromatic rings. The number of carbonyl (C=O) groups excluding carboxylic acids is 1. The molecule has 7 nitrogen and oxygen atoms in total. The molecule has 1 aromatic heterocycles. The Morgan fingerprint density at radius 2 is 1.93 bits per heavy atom. The summed E-state index contributed by atoms with van der Waals surface area (Å²) in [7, 11) is 0. The lowest BCUT2D eigenvalue weighted by Crippen LogP contribution is -2.24. The number of para-hydroxylation sites is 1. The van der Waals surface area contributed by atoms with Crippen molar-refractivity contribution < 1.29 is 9.53 Å². The molecule has 0 aliphatic rings. The number of nitrogens with two attached hydrogens (primary N) is 1. The Morgan fingerprint density at radius 3 is 2.60 bits per heavy atom. The van der Waals surface area contributed by atoms with Crippen LogP contribution in [0.5, 0.6) is 5.75 Å². The number of rotatable bonds is 7. The van der Waals surface area contributed by atoms with Gasteiger partial charge in [-0.25, -0.2) is 4.68 Å². The van der Waals surface area contributed by atoms with Gasteiger partial charge in [0.25, 0.3) is 0 Å². The van der Waals surface area contributed by atoms with Crippen LogP contribution in [0.2, 0.25) is 0 Å². The topological polar surface area (TPSA) is 95.1 Å². The number of benzene rings is 2. The first-order valence-electron chi connectivity index (χ1n) is 9.38. The summed E-state index contributed by atoms with van der Waals surface area (Å²) in [6.45, 7) is 7.95. The first-order valence-corrected chi connectivity index (χ1v) is 11.1. The summed E-state index contributed by atoms with van der Waals surface area (Å²) in [5, 5.41) is 11.2. The van der Waals surface area contributed by atoms with E-state index in [1.807, 2.05) is 57.2 Å². The lowest BCUT2D eigenvalue weighted by Gasteiger charge is -2.13. The maximum atomic E-state index is 12.6. The van der Waals surface area contributed by atoms with Gasteiger partial charge in [-0.1, -0.05) is 36.0 Å². The Kier molecular flexibility index (Phi) is 7.04. The third-order valence-electron chi connectivity index (χ3n) is 4.52. The number of aryl methyl sites for hydroxylation is 3. The summed E-state index contributed by atoms with van der Waals surface area (Å²) in [4.78, 5) is 12.6. The molecule has 0 aliphatic heterocycles. The van der Waals surface area contributed by atoms with E-state index in [9.17, 15) is 4.79 Å². The molecule has 1 heterocycles. The second kappa shape index (κ2) is 9.53. The van der Waals surface area contributed by atoms with E-state index < -0.39 is 5.25 Å². The fourth-order valence-corrected chi connectivity index (χ4v) is 4.20. The quantitative estimate of drug-likeness (QED) is 0.377. The lowest BCUT2D eigenvalue weighted by atomic mass is 10.1. The van der Waals surface area contributed by atoms with Crippen LogP contribution in [0.25, 0.3) is 0 Å². The van der Waals surface area contributed by atoms with E-state index in [1.54, 1.807) is 6.92 Å². The number of anilines is 1. The molecule has 0 fully saturated rings. The third kappa shape index (κ3) is 5.14. The molecule has 3 rings (SSSR count). The van der Waals surface area contributed by atoms with Crippen molar-refractivity contribution in [1.82, 2.24) is 14.9 Å². The van der Waals surface area contributed by atoms with Crippen LogP contribution < -0.4 is 15.9 Å². The molecule has 158 valence electrons. The van der Waals surface area contributed by atoms with Crippen molar-refractivity contribution in [3.05, 3.63) is 63.4 Å². The highest BCUT2D eigenvalue weighted by molar-refractivity contribution is 9.10. The number of thioether (sulfide) groups is 1. The predicted octanol–water partition coefficient (Wildman–Crippen LogP) is 4.38. The lowest BCUT2D eigenvalue weighted by molar-refractivity contribution is -0.115. The third-order valence-corrected chi connectivity index (χ3v) is 6.24. The van der Waals surface area contributed by atoms with Gasteiger partial charge in [-0.15, -0.1) is 10.2 Å². The average Bonchev–Trinajstić information content (AvgIpc) is 3.03. The number of aromatic nitrogens is 3. The van der Waals surface area contributed by atoms with E-state index in [0.29, 0.717) is 11.0 Å². The average molecular weight is 490 g/mol. The zero-order valence-corrected chi connectivity index (χ0v) is 19.7. The maximum absolute atomic E-state index is 12.6. The van der Waals surface area contributed by atoms with Gasteiger partial charge < -0.3 is 15.9 Å². The van der Waals surface area contributed by atoms with Gasteiger partial charge in [-0.05, 0) is 72.4 Å². The van der Waals surface area contributed by atoms with Crippen LogP contribution in [0.15, 0.2) is 46.0 Å². The minimum absolute atomic E-state index is 0.152. The predicted molar refractivity (Wildman–Crippen MR) is 123 cm³/mol. The number of nitrogens with zero attached hydrogens (tertiary/aromatic N) is 3. The van der Waals surface area contributed by atoms with E-state index in [1.165, 1.54) is 16.4 Å². The van der Waals surface area contributed by atoms with Crippen LogP contribution in [0.4, 0.5) is 5.69 Å². The molecule has 1 unspecified atom stereocenters. The number of hydrogen-bond acceptors (Lipinski definition) is 6. The Balaban J connectivity index is 1.63.